The van der Waals surface area contributed by atoms with Gasteiger partial charge in [-0.25, -0.2) is 4.79 Å². The number of hydrogen-bond acceptors (Lipinski definition) is 5. The standard InChI is InChI=1S/C25H18O5/c26-19-10-4-7-15-13-16-11-12-20(23(27)22(16)24(28)21(15)19)30-25(29)18-9-3-6-14-5-1-2-8-17(14)18/h1-10,13,20,26,28H,11-12H2/t20-/m0/s1. The van der Waals surface area contributed by atoms with E-state index in [9.17, 15) is 19.8 Å². The zero-order valence-electron chi connectivity index (χ0n) is 16.0. The van der Waals surface area contributed by atoms with Crippen molar-refractivity contribution in [3.05, 3.63) is 83.4 Å². The average molecular weight is 398 g/mol. The van der Waals surface area contributed by atoms with Gasteiger partial charge < -0.3 is 14.9 Å². The highest BCUT2D eigenvalue weighted by Crippen LogP contribution is 2.40. The van der Waals surface area contributed by atoms with Crippen LogP contribution in [0.3, 0.4) is 0 Å². The van der Waals surface area contributed by atoms with Crippen molar-refractivity contribution in [2.45, 2.75) is 18.9 Å². The SMILES string of the molecule is O=C(O[C@H]1CCc2cc3cccc(O)c3c(O)c2C1=O)c1cccc2ccccc12. The molecule has 0 aliphatic heterocycles. The third-order valence-corrected chi connectivity index (χ3v) is 5.67. The van der Waals surface area contributed by atoms with Crippen LogP contribution in [-0.4, -0.2) is 28.1 Å². The fourth-order valence-electron chi connectivity index (χ4n) is 4.23. The summed E-state index contributed by atoms with van der Waals surface area (Å²) < 4.78 is 5.59. The Morgan fingerprint density at radius 2 is 1.67 bits per heavy atom. The van der Waals surface area contributed by atoms with Crippen LogP contribution in [0.25, 0.3) is 21.5 Å². The lowest BCUT2D eigenvalue weighted by Gasteiger charge is -2.25. The van der Waals surface area contributed by atoms with Crippen LogP contribution >= 0.6 is 0 Å². The van der Waals surface area contributed by atoms with Gasteiger partial charge in [0.15, 0.2) is 6.10 Å². The number of Topliss-reactive ketones (excluding diaryl/α,β-unsaturated/α-hetero) is 1. The zero-order chi connectivity index (χ0) is 20.8. The van der Waals surface area contributed by atoms with E-state index in [0.29, 0.717) is 29.4 Å². The van der Waals surface area contributed by atoms with Gasteiger partial charge in [-0.2, -0.15) is 0 Å². The number of benzene rings is 4. The minimum atomic E-state index is -0.988. The Morgan fingerprint density at radius 3 is 2.53 bits per heavy atom. The van der Waals surface area contributed by atoms with Gasteiger partial charge in [0.05, 0.1) is 16.5 Å². The summed E-state index contributed by atoms with van der Waals surface area (Å²) in [4.78, 5) is 26.0. The Bertz CT molecular complexity index is 1330. The summed E-state index contributed by atoms with van der Waals surface area (Å²) in [6, 6.07) is 19.5. The predicted octanol–water partition coefficient (Wildman–Crippen LogP) is 4.76. The molecule has 0 unspecified atom stereocenters. The lowest BCUT2D eigenvalue weighted by Crippen LogP contribution is -2.32. The summed E-state index contributed by atoms with van der Waals surface area (Å²) in [6.45, 7) is 0. The highest BCUT2D eigenvalue weighted by Gasteiger charge is 2.34. The van der Waals surface area contributed by atoms with E-state index in [2.05, 4.69) is 0 Å². The highest BCUT2D eigenvalue weighted by molar-refractivity contribution is 6.12. The van der Waals surface area contributed by atoms with Crippen molar-refractivity contribution >= 4 is 33.3 Å². The van der Waals surface area contributed by atoms with E-state index < -0.39 is 17.9 Å². The van der Waals surface area contributed by atoms with Gasteiger partial charge in [-0.15, -0.1) is 0 Å². The van der Waals surface area contributed by atoms with Gasteiger partial charge in [-0.05, 0) is 46.7 Å². The smallest absolute Gasteiger partial charge is 0.339 e. The molecule has 0 heterocycles. The van der Waals surface area contributed by atoms with E-state index in [1.165, 1.54) is 6.07 Å². The molecule has 0 bridgehead atoms. The topological polar surface area (TPSA) is 83.8 Å². The zero-order valence-corrected chi connectivity index (χ0v) is 16.0. The van der Waals surface area contributed by atoms with E-state index in [4.69, 9.17) is 4.74 Å². The number of aromatic hydroxyl groups is 2. The number of carbonyl (C=O) groups is 2. The fraction of sp³-hybridized carbons (Fsp3) is 0.120. The molecule has 5 nitrogen and oxygen atoms in total. The lowest BCUT2D eigenvalue weighted by atomic mass is 9.85. The van der Waals surface area contributed by atoms with E-state index in [0.717, 1.165) is 10.8 Å². The van der Waals surface area contributed by atoms with E-state index in [1.807, 2.05) is 30.3 Å². The molecule has 4 aromatic rings. The molecule has 0 aromatic heterocycles. The second-order valence-corrected chi connectivity index (χ2v) is 7.46. The van der Waals surface area contributed by atoms with Crippen molar-refractivity contribution in [1.29, 1.82) is 0 Å². The van der Waals surface area contributed by atoms with Crippen LogP contribution in [0.4, 0.5) is 0 Å². The van der Waals surface area contributed by atoms with Crippen molar-refractivity contribution in [2.75, 3.05) is 0 Å². The number of phenolic OH excluding ortho intramolecular Hbond substituents is 2. The summed E-state index contributed by atoms with van der Waals surface area (Å²) in [5, 5.41) is 23.4. The van der Waals surface area contributed by atoms with Crippen molar-refractivity contribution in [3.8, 4) is 11.5 Å². The van der Waals surface area contributed by atoms with Crippen LogP contribution in [-0.2, 0) is 11.2 Å². The molecule has 0 amide bonds. The maximum Gasteiger partial charge on any atom is 0.339 e. The van der Waals surface area contributed by atoms with Crippen molar-refractivity contribution in [3.63, 3.8) is 0 Å². The normalized spacial score (nSPS) is 15.9. The van der Waals surface area contributed by atoms with Crippen LogP contribution in [0.2, 0.25) is 0 Å². The first-order chi connectivity index (χ1) is 14.5. The monoisotopic (exact) mass is 398 g/mol. The van der Waals surface area contributed by atoms with Gasteiger partial charge in [-0.1, -0.05) is 54.6 Å². The number of ether oxygens (including phenoxy) is 1. The van der Waals surface area contributed by atoms with Crippen LogP contribution in [0.15, 0.2) is 66.7 Å². The van der Waals surface area contributed by atoms with E-state index in [-0.39, 0.29) is 22.4 Å². The van der Waals surface area contributed by atoms with Gasteiger partial charge in [0.1, 0.15) is 11.5 Å². The van der Waals surface area contributed by atoms with Crippen molar-refractivity contribution in [2.24, 2.45) is 0 Å². The number of carbonyl (C=O) groups excluding carboxylic acids is 2. The Morgan fingerprint density at radius 1 is 0.933 bits per heavy atom. The molecule has 1 aliphatic rings. The number of fused-ring (bicyclic) bond motifs is 3. The quantitative estimate of drug-likeness (QED) is 0.476. The maximum atomic E-state index is 13.1. The molecular formula is C25H18O5. The summed E-state index contributed by atoms with van der Waals surface area (Å²) in [5.74, 6) is -1.39. The van der Waals surface area contributed by atoms with E-state index in [1.54, 1.807) is 30.3 Å². The van der Waals surface area contributed by atoms with Gasteiger partial charge in [0.25, 0.3) is 0 Å². The van der Waals surface area contributed by atoms with Gasteiger partial charge in [0, 0.05) is 0 Å². The highest BCUT2D eigenvalue weighted by atomic mass is 16.5. The minimum Gasteiger partial charge on any atom is -0.507 e. The third-order valence-electron chi connectivity index (χ3n) is 5.67. The Balaban J connectivity index is 1.51. The molecule has 2 N–H and O–H groups in total. The summed E-state index contributed by atoms with van der Waals surface area (Å²) in [5.41, 5.74) is 1.20. The number of phenols is 2. The number of hydrogen-bond donors (Lipinski definition) is 2. The molecule has 0 spiro atoms. The number of ketones is 1. The fourth-order valence-corrected chi connectivity index (χ4v) is 4.23. The first-order valence-corrected chi connectivity index (χ1v) is 9.74. The third kappa shape index (κ3) is 2.78. The molecule has 4 aromatic carbocycles. The van der Waals surface area contributed by atoms with E-state index >= 15 is 0 Å². The van der Waals surface area contributed by atoms with Gasteiger partial charge in [-0.3, -0.25) is 4.79 Å². The van der Waals surface area contributed by atoms with Gasteiger partial charge in [0.2, 0.25) is 5.78 Å². The van der Waals surface area contributed by atoms with Crippen LogP contribution < -0.4 is 0 Å². The van der Waals surface area contributed by atoms with Gasteiger partial charge >= 0.3 is 5.97 Å². The predicted molar refractivity (Wildman–Crippen MR) is 113 cm³/mol. The molecule has 30 heavy (non-hydrogen) atoms. The maximum absolute atomic E-state index is 13.1. The number of aryl methyl sites for hydroxylation is 1. The molecule has 0 saturated heterocycles. The molecule has 0 radical (unpaired) electrons. The summed E-state index contributed by atoms with van der Waals surface area (Å²) >= 11 is 0. The van der Waals surface area contributed by atoms with Crippen LogP contribution in [0.5, 0.6) is 11.5 Å². The summed E-state index contributed by atoms with van der Waals surface area (Å²) in [6.07, 6.45) is -0.169. The molecule has 1 atom stereocenters. The van der Waals surface area contributed by atoms with Crippen LogP contribution in [0.1, 0.15) is 32.7 Å². The summed E-state index contributed by atoms with van der Waals surface area (Å²) in [7, 11) is 0. The molecule has 148 valence electrons. The first-order valence-electron chi connectivity index (χ1n) is 9.74. The molecule has 0 saturated carbocycles. The minimum absolute atomic E-state index is 0.101. The first kappa shape index (κ1) is 18.2. The molecule has 1 aliphatic carbocycles. The van der Waals surface area contributed by atoms with Crippen LogP contribution in [0, 0.1) is 0 Å². The molecule has 0 fully saturated rings. The Labute approximate surface area is 172 Å². The Kier molecular flexibility index (Phi) is 4.17. The second-order valence-electron chi connectivity index (χ2n) is 7.46. The second kappa shape index (κ2) is 6.88. The van der Waals surface area contributed by atoms with Crippen molar-refractivity contribution in [1.82, 2.24) is 0 Å². The van der Waals surface area contributed by atoms with Crippen molar-refractivity contribution < 1.29 is 24.5 Å². The molecule has 5 rings (SSSR count). The number of esters is 1. The molecular weight excluding hydrogens is 380 g/mol. The number of rotatable bonds is 2. The average Bonchev–Trinajstić information content (AvgIpc) is 2.75. The molecule has 5 heteroatoms. The lowest BCUT2D eigenvalue weighted by molar-refractivity contribution is 0.0257. The Hall–Kier alpha value is -3.86. The largest absolute Gasteiger partial charge is 0.507 e.